The van der Waals surface area contributed by atoms with E-state index in [0.29, 0.717) is 11.9 Å². The normalized spacial score (nSPS) is 11.5. The van der Waals surface area contributed by atoms with Gasteiger partial charge in [-0.05, 0) is 24.5 Å². The number of hydrogen-bond donors (Lipinski definition) is 2. The number of hydrogen-bond acceptors (Lipinski definition) is 2. The van der Waals surface area contributed by atoms with Gasteiger partial charge in [-0.15, -0.1) is 0 Å². The Kier molecular flexibility index (Phi) is 2.74. The molecule has 2 heterocycles. The lowest BCUT2D eigenvalue weighted by molar-refractivity contribution is 0.626. The van der Waals surface area contributed by atoms with Crippen LogP contribution in [0.2, 0.25) is 0 Å². The second kappa shape index (κ2) is 4.42. The van der Waals surface area contributed by atoms with Gasteiger partial charge in [-0.1, -0.05) is 26.0 Å². The van der Waals surface area contributed by atoms with Gasteiger partial charge in [0.05, 0.1) is 11.0 Å². The number of imidazole rings is 1. The fraction of sp³-hybridized carbons (Fsp3) is 0.286. The van der Waals surface area contributed by atoms with Crippen molar-refractivity contribution < 1.29 is 0 Å². The smallest absolute Gasteiger partial charge is 0.274 e. The van der Waals surface area contributed by atoms with Crippen LogP contribution in [0.3, 0.4) is 0 Å². The molecule has 0 amide bonds. The van der Waals surface area contributed by atoms with Crippen LogP contribution in [0.5, 0.6) is 0 Å². The highest BCUT2D eigenvalue weighted by Crippen LogP contribution is 2.12. The SMILES string of the molecule is CC(C)Cc1cc(=O)n(-c2nc3ccccc3[nH]2)[nH]1. The minimum absolute atomic E-state index is 0.0882. The van der Waals surface area contributed by atoms with Crippen LogP contribution in [0.15, 0.2) is 35.1 Å². The largest absolute Gasteiger partial charge is 0.322 e. The van der Waals surface area contributed by atoms with Crippen molar-refractivity contribution in [2.24, 2.45) is 5.92 Å². The Hall–Kier alpha value is -2.30. The lowest BCUT2D eigenvalue weighted by atomic mass is 10.1. The molecular weight excluding hydrogens is 240 g/mol. The van der Waals surface area contributed by atoms with Crippen LogP contribution in [0.4, 0.5) is 0 Å². The zero-order valence-electron chi connectivity index (χ0n) is 11.0. The van der Waals surface area contributed by atoms with E-state index in [1.54, 1.807) is 6.07 Å². The third kappa shape index (κ3) is 2.19. The number of benzene rings is 1. The summed E-state index contributed by atoms with van der Waals surface area (Å²) in [5.74, 6) is 1.03. The predicted molar refractivity (Wildman–Crippen MR) is 74.6 cm³/mol. The summed E-state index contributed by atoms with van der Waals surface area (Å²) in [5, 5.41) is 3.10. The highest BCUT2D eigenvalue weighted by molar-refractivity contribution is 5.75. The van der Waals surface area contributed by atoms with Gasteiger partial charge in [0.25, 0.3) is 5.56 Å². The summed E-state index contributed by atoms with van der Waals surface area (Å²) in [6, 6.07) is 9.35. The molecular formula is C14H16N4O. The third-order valence-corrected chi connectivity index (χ3v) is 2.99. The molecule has 0 saturated heterocycles. The summed E-state index contributed by atoms with van der Waals surface area (Å²) in [7, 11) is 0. The van der Waals surface area contributed by atoms with Crippen LogP contribution >= 0.6 is 0 Å². The van der Waals surface area contributed by atoms with E-state index in [0.717, 1.165) is 23.1 Å². The maximum Gasteiger partial charge on any atom is 0.274 e. The fourth-order valence-corrected chi connectivity index (χ4v) is 2.19. The van der Waals surface area contributed by atoms with Crippen molar-refractivity contribution in [1.82, 2.24) is 19.7 Å². The van der Waals surface area contributed by atoms with E-state index in [-0.39, 0.29) is 5.56 Å². The topological polar surface area (TPSA) is 66.5 Å². The van der Waals surface area contributed by atoms with Gasteiger partial charge in [0.15, 0.2) is 0 Å². The molecule has 19 heavy (non-hydrogen) atoms. The summed E-state index contributed by atoms with van der Waals surface area (Å²) < 4.78 is 1.46. The van der Waals surface area contributed by atoms with Crippen molar-refractivity contribution in [1.29, 1.82) is 0 Å². The highest BCUT2D eigenvalue weighted by Gasteiger charge is 2.10. The molecule has 0 aliphatic carbocycles. The maximum atomic E-state index is 12.0. The molecule has 0 saturated carbocycles. The van der Waals surface area contributed by atoms with Crippen LogP contribution in [-0.2, 0) is 6.42 Å². The number of nitrogens with zero attached hydrogens (tertiary/aromatic N) is 2. The van der Waals surface area contributed by atoms with Gasteiger partial charge in [0.2, 0.25) is 5.95 Å². The average molecular weight is 256 g/mol. The Balaban J connectivity index is 2.06. The minimum Gasteiger partial charge on any atom is -0.322 e. The lowest BCUT2D eigenvalue weighted by Gasteiger charge is -2.01. The molecule has 0 spiro atoms. The Morgan fingerprint density at radius 1 is 1.32 bits per heavy atom. The standard InChI is InChI=1S/C14H16N4O/c1-9(2)7-10-8-13(19)18(17-10)14-15-11-5-3-4-6-12(11)16-14/h3-6,8-9,17H,7H2,1-2H3,(H,15,16). The first-order valence-electron chi connectivity index (χ1n) is 6.39. The second-order valence-electron chi connectivity index (χ2n) is 5.13. The molecule has 0 atom stereocenters. The van der Waals surface area contributed by atoms with Crippen molar-refractivity contribution in [3.63, 3.8) is 0 Å². The Morgan fingerprint density at radius 2 is 2.11 bits per heavy atom. The molecule has 0 bridgehead atoms. The summed E-state index contributed by atoms with van der Waals surface area (Å²) in [4.78, 5) is 19.5. The number of H-pyrrole nitrogens is 2. The van der Waals surface area contributed by atoms with E-state index >= 15 is 0 Å². The zero-order valence-corrected chi connectivity index (χ0v) is 11.0. The van der Waals surface area contributed by atoms with Crippen LogP contribution in [0.25, 0.3) is 17.0 Å². The van der Waals surface area contributed by atoms with Gasteiger partial charge in [-0.2, -0.15) is 4.68 Å². The van der Waals surface area contributed by atoms with Crippen molar-refractivity contribution in [2.75, 3.05) is 0 Å². The van der Waals surface area contributed by atoms with Gasteiger partial charge in [-0.25, -0.2) is 4.98 Å². The van der Waals surface area contributed by atoms with Crippen molar-refractivity contribution in [3.8, 4) is 5.95 Å². The quantitative estimate of drug-likeness (QED) is 0.754. The number of fused-ring (bicyclic) bond motifs is 1. The van der Waals surface area contributed by atoms with Gasteiger partial charge < -0.3 is 4.98 Å². The maximum absolute atomic E-state index is 12.0. The van der Waals surface area contributed by atoms with E-state index in [4.69, 9.17) is 0 Å². The first-order valence-corrected chi connectivity index (χ1v) is 6.39. The Bertz CT molecular complexity index is 730. The van der Waals surface area contributed by atoms with E-state index in [1.165, 1.54) is 4.68 Å². The fourth-order valence-electron chi connectivity index (χ4n) is 2.19. The van der Waals surface area contributed by atoms with Crippen LogP contribution in [0.1, 0.15) is 19.5 Å². The molecule has 5 heteroatoms. The molecule has 3 rings (SSSR count). The molecule has 0 unspecified atom stereocenters. The molecule has 2 aromatic heterocycles. The number of nitrogens with one attached hydrogen (secondary N) is 2. The van der Waals surface area contributed by atoms with Crippen LogP contribution < -0.4 is 5.56 Å². The van der Waals surface area contributed by atoms with Gasteiger partial charge in [0, 0.05) is 11.8 Å². The molecule has 2 N–H and O–H groups in total. The minimum atomic E-state index is -0.0882. The predicted octanol–water partition coefficient (Wildman–Crippen LogP) is 2.24. The van der Waals surface area contributed by atoms with E-state index < -0.39 is 0 Å². The zero-order chi connectivity index (χ0) is 13.4. The molecule has 0 aliphatic heterocycles. The Morgan fingerprint density at radius 3 is 2.84 bits per heavy atom. The molecule has 0 aliphatic rings. The summed E-state index contributed by atoms with van der Waals surface area (Å²) in [6.45, 7) is 4.24. The Labute approximate surface area is 110 Å². The van der Waals surface area contributed by atoms with Crippen LogP contribution in [0, 0.1) is 5.92 Å². The van der Waals surface area contributed by atoms with E-state index in [2.05, 4.69) is 28.9 Å². The number of para-hydroxylation sites is 2. The van der Waals surface area contributed by atoms with Gasteiger partial charge in [-0.3, -0.25) is 9.89 Å². The molecule has 98 valence electrons. The van der Waals surface area contributed by atoms with Crippen molar-refractivity contribution in [3.05, 3.63) is 46.4 Å². The van der Waals surface area contributed by atoms with Crippen molar-refractivity contribution in [2.45, 2.75) is 20.3 Å². The number of rotatable bonds is 3. The first kappa shape index (κ1) is 11.8. The summed E-state index contributed by atoms with van der Waals surface area (Å²) in [5.41, 5.74) is 2.61. The van der Waals surface area contributed by atoms with Gasteiger partial charge >= 0.3 is 0 Å². The molecule has 5 nitrogen and oxygen atoms in total. The summed E-state index contributed by atoms with van der Waals surface area (Å²) in [6.07, 6.45) is 0.850. The number of aromatic nitrogens is 4. The number of aromatic amines is 2. The molecule has 1 aromatic carbocycles. The lowest BCUT2D eigenvalue weighted by Crippen LogP contribution is -2.14. The third-order valence-electron chi connectivity index (χ3n) is 2.99. The molecule has 0 fully saturated rings. The average Bonchev–Trinajstić information content (AvgIpc) is 2.91. The van der Waals surface area contributed by atoms with Gasteiger partial charge in [0.1, 0.15) is 0 Å². The van der Waals surface area contributed by atoms with E-state index in [9.17, 15) is 4.79 Å². The summed E-state index contributed by atoms with van der Waals surface area (Å²) >= 11 is 0. The second-order valence-corrected chi connectivity index (χ2v) is 5.13. The molecule has 0 radical (unpaired) electrons. The monoisotopic (exact) mass is 256 g/mol. The highest BCUT2D eigenvalue weighted by atomic mass is 16.1. The van der Waals surface area contributed by atoms with Crippen molar-refractivity contribution >= 4 is 11.0 Å². The molecule has 3 aromatic rings. The van der Waals surface area contributed by atoms with Crippen LogP contribution in [-0.4, -0.2) is 19.7 Å². The van der Waals surface area contributed by atoms with E-state index in [1.807, 2.05) is 24.3 Å². The first-order chi connectivity index (χ1) is 9.13.